The smallest absolute Gasteiger partial charge is 0.325 e. The number of ether oxygens (including phenoxy) is 1. The number of piperazine rings is 1. The Labute approximate surface area is 137 Å². The number of hydrogen-bond acceptors (Lipinski definition) is 5. The van der Waals surface area contributed by atoms with Gasteiger partial charge in [0.1, 0.15) is 6.04 Å². The average Bonchev–Trinajstić information content (AvgIpc) is 2.51. The Morgan fingerprint density at radius 1 is 1.39 bits per heavy atom. The fourth-order valence-electron chi connectivity index (χ4n) is 3.21. The molecule has 0 radical (unpaired) electrons. The summed E-state index contributed by atoms with van der Waals surface area (Å²) in [5.74, 6) is -0.518. The van der Waals surface area contributed by atoms with Gasteiger partial charge in [0.15, 0.2) is 11.5 Å². The van der Waals surface area contributed by atoms with Crippen molar-refractivity contribution in [1.29, 1.82) is 0 Å². The van der Waals surface area contributed by atoms with Crippen molar-refractivity contribution in [3.63, 3.8) is 0 Å². The van der Waals surface area contributed by atoms with Crippen LogP contribution in [0.3, 0.4) is 0 Å². The Hall–Kier alpha value is -1.79. The largest absolute Gasteiger partial charge is 0.504 e. The van der Waals surface area contributed by atoms with Gasteiger partial charge in [0, 0.05) is 25.7 Å². The van der Waals surface area contributed by atoms with Crippen molar-refractivity contribution in [3.8, 4) is 11.5 Å². The molecule has 6 heteroatoms. The summed E-state index contributed by atoms with van der Waals surface area (Å²) >= 11 is 0. The van der Waals surface area contributed by atoms with E-state index in [1.54, 1.807) is 12.1 Å². The molecule has 1 saturated heterocycles. The van der Waals surface area contributed by atoms with Crippen molar-refractivity contribution in [2.24, 2.45) is 0 Å². The Bertz CT molecular complexity index is 549. The van der Waals surface area contributed by atoms with Crippen LogP contribution in [0.25, 0.3) is 0 Å². The zero-order valence-electron chi connectivity index (χ0n) is 14.0. The Kier molecular flexibility index (Phi) is 5.85. The number of phenolic OH excluding ortho intramolecular Hbond substituents is 1. The number of carbonyl (C=O) groups is 1. The molecule has 0 saturated carbocycles. The molecule has 1 aliphatic heterocycles. The Morgan fingerprint density at radius 2 is 2.13 bits per heavy atom. The van der Waals surface area contributed by atoms with Crippen LogP contribution in [0.1, 0.15) is 32.4 Å². The predicted octanol–water partition coefficient (Wildman–Crippen LogP) is 1.94. The molecule has 2 rings (SSSR count). The first-order chi connectivity index (χ1) is 11.0. The van der Waals surface area contributed by atoms with Gasteiger partial charge in [-0.2, -0.15) is 0 Å². The Balaban J connectivity index is 2.25. The summed E-state index contributed by atoms with van der Waals surface area (Å²) in [5.41, 5.74) is 0.635. The maximum Gasteiger partial charge on any atom is 0.325 e. The number of aromatic hydroxyl groups is 1. The van der Waals surface area contributed by atoms with E-state index in [1.807, 2.05) is 11.8 Å². The van der Waals surface area contributed by atoms with Gasteiger partial charge in [-0.25, -0.2) is 0 Å². The van der Waals surface area contributed by atoms with E-state index >= 15 is 0 Å². The number of carboxylic acids is 1. The van der Waals surface area contributed by atoms with Crippen LogP contribution in [-0.4, -0.2) is 64.8 Å². The van der Waals surface area contributed by atoms with Gasteiger partial charge >= 0.3 is 5.97 Å². The van der Waals surface area contributed by atoms with E-state index in [0.29, 0.717) is 37.1 Å². The van der Waals surface area contributed by atoms with E-state index in [1.165, 1.54) is 6.07 Å². The van der Waals surface area contributed by atoms with Crippen LogP contribution in [0.4, 0.5) is 0 Å². The van der Waals surface area contributed by atoms with E-state index < -0.39 is 12.0 Å². The van der Waals surface area contributed by atoms with E-state index in [-0.39, 0.29) is 5.75 Å². The highest BCUT2D eigenvalue weighted by molar-refractivity contribution is 5.76. The molecule has 2 atom stereocenters. The minimum Gasteiger partial charge on any atom is -0.504 e. The van der Waals surface area contributed by atoms with Crippen LogP contribution in [0, 0.1) is 0 Å². The first-order valence-electron chi connectivity index (χ1n) is 8.14. The fourth-order valence-corrected chi connectivity index (χ4v) is 3.21. The molecule has 0 amide bonds. The summed E-state index contributed by atoms with van der Waals surface area (Å²) in [4.78, 5) is 16.2. The minimum absolute atomic E-state index is 0.0314. The van der Waals surface area contributed by atoms with Crippen LogP contribution in [0.5, 0.6) is 11.5 Å². The standard InChI is InChI=1S/C17H26N2O4/c1-4-18-8-9-19(11-12(18)3)16(17(21)22)13-6-7-14(20)15(10-13)23-5-2/h6-7,10,12,16,20H,4-5,8-9,11H2,1-3H3,(H,21,22). The average molecular weight is 322 g/mol. The lowest BCUT2D eigenvalue weighted by molar-refractivity contribution is -0.144. The highest BCUT2D eigenvalue weighted by atomic mass is 16.5. The molecule has 0 aromatic heterocycles. The van der Waals surface area contributed by atoms with Gasteiger partial charge in [-0.15, -0.1) is 0 Å². The highest BCUT2D eigenvalue weighted by Crippen LogP contribution is 2.32. The molecule has 1 aromatic carbocycles. The van der Waals surface area contributed by atoms with Crippen molar-refractivity contribution < 1.29 is 19.7 Å². The van der Waals surface area contributed by atoms with Crippen molar-refractivity contribution in [3.05, 3.63) is 23.8 Å². The molecule has 0 bridgehead atoms. The number of likely N-dealkylation sites (N-methyl/N-ethyl adjacent to an activating group) is 1. The fraction of sp³-hybridized carbons (Fsp3) is 0.588. The van der Waals surface area contributed by atoms with Gasteiger partial charge in [0.05, 0.1) is 6.61 Å². The third-order valence-corrected chi connectivity index (χ3v) is 4.40. The lowest BCUT2D eigenvalue weighted by Crippen LogP contribution is -2.53. The summed E-state index contributed by atoms with van der Waals surface area (Å²) in [6, 6.07) is 4.39. The Morgan fingerprint density at radius 3 is 2.70 bits per heavy atom. The van der Waals surface area contributed by atoms with E-state index in [2.05, 4.69) is 18.7 Å². The number of hydrogen-bond donors (Lipinski definition) is 2. The summed E-state index contributed by atoms with van der Waals surface area (Å²) in [5, 5.41) is 19.5. The first-order valence-corrected chi connectivity index (χ1v) is 8.14. The SMILES string of the molecule is CCOc1cc(C(C(=O)O)N2CCN(CC)C(C)C2)ccc1O. The zero-order valence-corrected chi connectivity index (χ0v) is 14.0. The molecule has 128 valence electrons. The summed E-state index contributed by atoms with van der Waals surface area (Å²) in [6.07, 6.45) is 0. The van der Waals surface area contributed by atoms with Crippen LogP contribution in [-0.2, 0) is 4.79 Å². The van der Waals surface area contributed by atoms with Gasteiger partial charge in [0.2, 0.25) is 0 Å². The summed E-state index contributed by atoms with van der Waals surface area (Å²) in [6.45, 7) is 9.73. The van der Waals surface area contributed by atoms with Crippen molar-refractivity contribution >= 4 is 5.97 Å². The van der Waals surface area contributed by atoms with Gasteiger partial charge in [-0.3, -0.25) is 14.6 Å². The topological polar surface area (TPSA) is 73.2 Å². The van der Waals surface area contributed by atoms with Gasteiger partial charge in [-0.05, 0) is 38.1 Å². The third kappa shape index (κ3) is 3.95. The maximum absolute atomic E-state index is 11.9. The van der Waals surface area contributed by atoms with Crippen LogP contribution in [0.2, 0.25) is 0 Å². The van der Waals surface area contributed by atoms with Crippen LogP contribution < -0.4 is 4.74 Å². The van der Waals surface area contributed by atoms with Gasteiger partial charge in [0.25, 0.3) is 0 Å². The molecule has 6 nitrogen and oxygen atoms in total. The zero-order chi connectivity index (χ0) is 17.0. The van der Waals surface area contributed by atoms with Crippen molar-refractivity contribution in [2.45, 2.75) is 32.9 Å². The van der Waals surface area contributed by atoms with Crippen molar-refractivity contribution in [2.75, 3.05) is 32.8 Å². The van der Waals surface area contributed by atoms with Gasteiger partial charge < -0.3 is 14.9 Å². The summed E-state index contributed by atoms with van der Waals surface area (Å²) < 4.78 is 5.38. The molecule has 23 heavy (non-hydrogen) atoms. The molecule has 1 heterocycles. The highest BCUT2D eigenvalue weighted by Gasteiger charge is 2.33. The van der Waals surface area contributed by atoms with Crippen molar-refractivity contribution in [1.82, 2.24) is 9.80 Å². The van der Waals surface area contributed by atoms with E-state index in [0.717, 1.165) is 13.1 Å². The quantitative estimate of drug-likeness (QED) is 0.834. The second-order valence-corrected chi connectivity index (χ2v) is 5.87. The molecule has 0 spiro atoms. The lowest BCUT2D eigenvalue weighted by atomic mass is 10.0. The molecule has 1 aromatic rings. The molecule has 2 N–H and O–H groups in total. The number of carboxylic acid groups (broad SMARTS) is 1. The van der Waals surface area contributed by atoms with Gasteiger partial charge in [-0.1, -0.05) is 13.0 Å². The lowest BCUT2D eigenvalue weighted by Gasteiger charge is -2.41. The number of phenols is 1. The second-order valence-electron chi connectivity index (χ2n) is 5.87. The van der Waals surface area contributed by atoms with Crippen LogP contribution in [0.15, 0.2) is 18.2 Å². The minimum atomic E-state index is -0.879. The molecule has 0 aliphatic carbocycles. The number of benzene rings is 1. The second kappa shape index (κ2) is 7.66. The molecular formula is C17H26N2O4. The summed E-state index contributed by atoms with van der Waals surface area (Å²) in [7, 11) is 0. The van der Waals surface area contributed by atoms with E-state index in [9.17, 15) is 15.0 Å². The third-order valence-electron chi connectivity index (χ3n) is 4.40. The number of nitrogens with zero attached hydrogens (tertiary/aromatic N) is 2. The predicted molar refractivity (Wildman–Crippen MR) is 87.9 cm³/mol. The van der Waals surface area contributed by atoms with Crippen LogP contribution >= 0.6 is 0 Å². The molecular weight excluding hydrogens is 296 g/mol. The molecule has 1 fully saturated rings. The van der Waals surface area contributed by atoms with E-state index in [4.69, 9.17) is 4.74 Å². The normalized spacial score (nSPS) is 21.1. The number of aliphatic carboxylic acids is 1. The maximum atomic E-state index is 11.9. The molecule has 2 unspecified atom stereocenters. The molecule has 1 aliphatic rings. The monoisotopic (exact) mass is 322 g/mol. The first kappa shape index (κ1) is 17.6. The number of rotatable bonds is 6.